The van der Waals surface area contributed by atoms with Gasteiger partial charge in [-0.1, -0.05) is 40.9 Å². The van der Waals surface area contributed by atoms with E-state index in [0.717, 1.165) is 0 Å². The number of benzene rings is 1. The highest BCUT2D eigenvalue weighted by Crippen LogP contribution is 2.65. The third-order valence-electron chi connectivity index (χ3n) is 5.39. The molecule has 3 aliphatic carbocycles. The molecule has 1 saturated carbocycles. The standard InChI is InChI=1S/C21H16Cl5N3O4/c1-2-33-20(32)29-28-18(30)14-12(24)4-3-11-13(14)17(11)27-19(31)16-15(21(16,25)26)8-5-9(22)7-10(23)6-8/h3-7,11,15-16H,2H2,1H3,(H,27,31)(H,28,30)(H,29,32)/t11-,15?,16?/m1/s1. The molecular weight excluding hydrogens is 536 g/mol. The summed E-state index contributed by atoms with van der Waals surface area (Å²) in [6, 6.07) is 4.89. The summed E-state index contributed by atoms with van der Waals surface area (Å²) in [6.07, 6.45) is 2.49. The Morgan fingerprint density at radius 1 is 1.06 bits per heavy atom. The van der Waals surface area contributed by atoms with E-state index in [4.69, 9.17) is 62.7 Å². The fourth-order valence-electron chi connectivity index (χ4n) is 3.86. The molecule has 3 N–H and O–H groups in total. The first-order valence-electron chi connectivity index (χ1n) is 9.76. The summed E-state index contributed by atoms with van der Waals surface area (Å²) in [7, 11) is 0. The Kier molecular flexibility index (Phi) is 6.64. The van der Waals surface area contributed by atoms with E-state index >= 15 is 0 Å². The number of allylic oxidation sites excluding steroid dienone is 3. The Hall–Kier alpha value is -1.90. The third-order valence-corrected chi connectivity index (χ3v) is 7.08. The maximum atomic E-state index is 13.0. The molecule has 2 unspecified atom stereocenters. The van der Waals surface area contributed by atoms with Gasteiger partial charge in [-0.2, -0.15) is 0 Å². The average molecular weight is 552 g/mol. The number of hydrogen-bond donors (Lipinski definition) is 3. The van der Waals surface area contributed by atoms with E-state index in [0.29, 0.717) is 26.9 Å². The largest absolute Gasteiger partial charge is 0.449 e. The molecule has 0 bridgehead atoms. The van der Waals surface area contributed by atoms with E-state index in [2.05, 4.69) is 16.2 Å². The van der Waals surface area contributed by atoms with Crippen molar-refractivity contribution < 1.29 is 19.1 Å². The normalized spacial score (nSPS) is 24.1. The summed E-state index contributed by atoms with van der Waals surface area (Å²) in [5.41, 5.74) is 6.18. The van der Waals surface area contributed by atoms with Gasteiger partial charge in [-0.15, -0.1) is 23.2 Å². The lowest BCUT2D eigenvalue weighted by Crippen LogP contribution is -2.42. The van der Waals surface area contributed by atoms with Crippen LogP contribution in [0.2, 0.25) is 10.0 Å². The predicted molar refractivity (Wildman–Crippen MR) is 126 cm³/mol. The monoisotopic (exact) mass is 549 g/mol. The van der Waals surface area contributed by atoms with Crippen LogP contribution in [0.3, 0.4) is 0 Å². The summed E-state index contributed by atoms with van der Waals surface area (Å²) in [5, 5.41) is 3.78. The van der Waals surface area contributed by atoms with E-state index < -0.39 is 34.1 Å². The molecule has 174 valence electrons. The molecule has 33 heavy (non-hydrogen) atoms. The maximum Gasteiger partial charge on any atom is 0.426 e. The number of carbonyl (C=O) groups is 3. The van der Waals surface area contributed by atoms with Crippen molar-refractivity contribution in [1.29, 1.82) is 0 Å². The predicted octanol–water partition coefficient (Wildman–Crippen LogP) is 4.72. The Morgan fingerprint density at radius 3 is 2.36 bits per heavy atom. The van der Waals surface area contributed by atoms with Crippen molar-refractivity contribution in [1.82, 2.24) is 16.2 Å². The second kappa shape index (κ2) is 9.04. The average Bonchev–Trinajstić information content (AvgIpc) is 3.57. The van der Waals surface area contributed by atoms with Gasteiger partial charge in [0.15, 0.2) is 0 Å². The van der Waals surface area contributed by atoms with Crippen LogP contribution in [0, 0.1) is 11.8 Å². The number of rotatable bonds is 5. The molecule has 1 fully saturated rings. The zero-order chi connectivity index (χ0) is 24.1. The minimum Gasteiger partial charge on any atom is -0.449 e. The lowest BCUT2D eigenvalue weighted by molar-refractivity contribution is -0.121. The number of amides is 3. The number of hydrazine groups is 1. The molecule has 0 aromatic heterocycles. The van der Waals surface area contributed by atoms with E-state index in [9.17, 15) is 14.4 Å². The number of ether oxygens (including phenoxy) is 1. The van der Waals surface area contributed by atoms with E-state index in [1.165, 1.54) is 0 Å². The molecule has 0 spiro atoms. The highest BCUT2D eigenvalue weighted by molar-refractivity contribution is 6.53. The van der Waals surface area contributed by atoms with Crippen molar-refractivity contribution >= 4 is 75.9 Å². The fourth-order valence-corrected chi connectivity index (χ4v) is 5.49. The number of halogens is 5. The molecule has 4 rings (SSSR count). The van der Waals surface area contributed by atoms with Crippen LogP contribution in [-0.4, -0.2) is 28.8 Å². The number of fused-ring (bicyclic) bond motifs is 1. The Morgan fingerprint density at radius 2 is 1.73 bits per heavy atom. The second-order valence-electron chi connectivity index (χ2n) is 7.51. The van der Waals surface area contributed by atoms with Crippen LogP contribution in [0.4, 0.5) is 4.79 Å². The van der Waals surface area contributed by atoms with Crippen molar-refractivity contribution in [3.63, 3.8) is 0 Å². The van der Waals surface area contributed by atoms with Gasteiger partial charge in [0.2, 0.25) is 5.91 Å². The van der Waals surface area contributed by atoms with Crippen molar-refractivity contribution in [3.8, 4) is 0 Å². The van der Waals surface area contributed by atoms with Crippen LogP contribution in [0.25, 0.3) is 0 Å². The van der Waals surface area contributed by atoms with Gasteiger partial charge in [-0.3, -0.25) is 15.0 Å². The van der Waals surface area contributed by atoms with E-state index in [1.54, 1.807) is 37.3 Å². The van der Waals surface area contributed by atoms with Gasteiger partial charge in [-0.05, 0) is 42.3 Å². The molecule has 0 saturated heterocycles. The Balaban J connectivity index is 1.48. The van der Waals surface area contributed by atoms with E-state index in [-0.39, 0.29) is 23.1 Å². The van der Waals surface area contributed by atoms with E-state index in [1.807, 2.05) is 0 Å². The number of carbonyl (C=O) groups excluding carboxylic acids is 3. The highest BCUT2D eigenvalue weighted by atomic mass is 35.5. The molecule has 3 aliphatic rings. The minimum absolute atomic E-state index is 0.133. The first-order chi connectivity index (χ1) is 15.6. The first-order valence-corrected chi connectivity index (χ1v) is 11.6. The summed E-state index contributed by atoms with van der Waals surface area (Å²) in [5.74, 6) is -2.61. The van der Waals surface area contributed by atoms with Crippen LogP contribution < -0.4 is 16.2 Å². The molecular formula is C21H16Cl5N3O4. The van der Waals surface area contributed by atoms with Crippen LogP contribution in [0.5, 0.6) is 0 Å². The fraction of sp³-hybridized carbons (Fsp3) is 0.286. The zero-order valence-corrected chi connectivity index (χ0v) is 20.6. The van der Waals surface area contributed by atoms with Crippen LogP contribution in [0.15, 0.2) is 52.2 Å². The molecule has 7 nitrogen and oxygen atoms in total. The smallest absolute Gasteiger partial charge is 0.426 e. The summed E-state index contributed by atoms with van der Waals surface area (Å²) in [4.78, 5) is 37.0. The van der Waals surface area contributed by atoms with Gasteiger partial charge in [0.05, 0.1) is 23.1 Å². The van der Waals surface area contributed by atoms with Crippen molar-refractivity contribution in [3.05, 3.63) is 67.8 Å². The van der Waals surface area contributed by atoms with Crippen LogP contribution >= 0.6 is 58.0 Å². The minimum atomic E-state index is -1.34. The third kappa shape index (κ3) is 4.70. The number of alkyl halides is 2. The van der Waals surface area contributed by atoms with Gasteiger partial charge in [-0.25, -0.2) is 10.2 Å². The quantitative estimate of drug-likeness (QED) is 0.365. The molecule has 0 aliphatic heterocycles. The topological polar surface area (TPSA) is 96.5 Å². The first kappa shape index (κ1) is 24.2. The molecule has 3 amide bonds. The van der Waals surface area contributed by atoms with Gasteiger partial charge in [0.25, 0.3) is 5.91 Å². The molecule has 0 radical (unpaired) electrons. The number of nitrogens with one attached hydrogen (secondary N) is 3. The van der Waals surface area contributed by atoms with Crippen molar-refractivity contribution in [2.24, 2.45) is 11.8 Å². The zero-order valence-electron chi connectivity index (χ0n) is 16.8. The molecule has 1 aromatic carbocycles. The van der Waals surface area contributed by atoms with Crippen molar-refractivity contribution in [2.75, 3.05) is 6.61 Å². The van der Waals surface area contributed by atoms with Gasteiger partial charge in [0.1, 0.15) is 4.33 Å². The summed E-state index contributed by atoms with van der Waals surface area (Å²) >= 11 is 31.1. The summed E-state index contributed by atoms with van der Waals surface area (Å²) < 4.78 is 3.36. The van der Waals surface area contributed by atoms with Crippen molar-refractivity contribution in [2.45, 2.75) is 17.2 Å². The lowest BCUT2D eigenvalue weighted by atomic mass is 10.0. The van der Waals surface area contributed by atoms with Gasteiger partial charge in [0, 0.05) is 27.6 Å². The molecule has 3 atom stereocenters. The SMILES string of the molecule is CCOC(=O)NNC(=O)C1=C(Cl)C=C[C@H]2C(NC(=O)C3C(c4cc(Cl)cc(Cl)c4)C3(Cl)Cl)=C12. The Bertz CT molecular complexity index is 1140. The second-order valence-corrected chi connectivity index (χ2v) is 10.2. The maximum absolute atomic E-state index is 13.0. The van der Waals surface area contributed by atoms with Crippen LogP contribution in [-0.2, 0) is 14.3 Å². The molecule has 1 aromatic rings. The summed E-state index contributed by atoms with van der Waals surface area (Å²) in [6.45, 7) is 1.77. The molecule has 12 heteroatoms. The van der Waals surface area contributed by atoms with Gasteiger partial charge < -0.3 is 10.1 Å². The highest BCUT2D eigenvalue weighted by Gasteiger charge is 2.68. The Labute approximate surface area is 214 Å². The van der Waals surface area contributed by atoms with Crippen LogP contribution in [0.1, 0.15) is 18.4 Å². The lowest BCUT2D eigenvalue weighted by Gasteiger charge is -2.11. The molecule has 0 heterocycles. The van der Waals surface area contributed by atoms with Gasteiger partial charge >= 0.3 is 6.09 Å². The number of hydrogen-bond acceptors (Lipinski definition) is 4.